The molecule has 2 heterocycles. The number of benzene rings is 4. The lowest BCUT2D eigenvalue weighted by molar-refractivity contribution is 0.221. The van der Waals surface area contributed by atoms with Crippen LogP contribution in [0.1, 0.15) is 45.5 Å². The molecule has 1 N–H and O–H groups in total. The number of fused-ring (bicyclic) bond motifs is 3. The van der Waals surface area contributed by atoms with E-state index in [2.05, 4.69) is 48.2 Å². The smallest absolute Gasteiger partial charge is 0.204 e. The summed E-state index contributed by atoms with van der Waals surface area (Å²) >= 11 is 0. The zero-order valence-corrected chi connectivity index (χ0v) is 30.1. The summed E-state index contributed by atoms with van der Waals surface area (Å²) in [5, 5.41) is 11.8. The number of likely N-dealkylation sites (N-methyl/N-ethyl adjacent to an activating group) is 2. The third kappa shape index (κ3) is 5.41. The zero-order valence-electron chi connectivity index (χ0n) is 30.1. The highest BCUT2D eigenvalue weighted by Gasteiger charge is 2.41. The van der Waals surface area contributed by atoms with Crippen LogP contribution in [0, 0.1) is 0 Å². The molecule has 1 aliphatic carbocycles. The number of ether oxygens (including phenoxy) is 7. The first-order valence-corrected chi connectivity index (χ1v) is 17.0. The van der Waals surface area contributed by atoms with Crippen LogP contribution in [0.25, 0.3) is 11.1 Å². The Morgan fingerprint density at radius 2 is 1.34 bits per heavy atom. The molecule has 0 bridgehead atoms. The summed E-state index contributed by atoms with van der Waals surface area (Å²) in [6, 6.07) is 14.6. The average Bonchev–Trinajstić information content (AvgIpc) is 3.14. The minimum absolute atomic E-state index is 0.0104. The van der Waals surface area contributed by atoms with Gasteiger partial charge in [-0.25, -0.2) is 0 Å². The van der Waals surface area contributed by atoms with Crippen LogP contribution >= 0.6 is 0 Å². The van der Waals surface area contributed by atoms with Crippen LogP contribution in [0.4, 0.5) is 0 Å². The normalized spacial score (nSPS) is 18.0. The van der Waals surface area contributed by atoms with Crippen molar-refractivity contribution >= 4 is 0 Å². The van der Waals surface area contributed by atoms with Crippen molar-refractivity contribution < 1.29 is 38.3 Å². The molecule has 0 radical (unpaired) electrons. The number of phenolic OH excluding ortho intramolecular Hbond substituents is 1. The predicted octanol–water partition coefficient (Wildman–Crippen LogP) is 6.76. The summed E-state index contributed by atoms with van der Waals surface area (Å²) in [5.41, 5.74) is 8.31. The Bertz CT molecular complexity index is 1920. The maximum atomic E-state index is 11.8. The number of nitrogens with zero attached hydrogens (tertiary/aromatic N) is 2. The lowest BCUT2D eigenvalue weighted by atomic mass is 9.75. The first-order valence-electron chi connectivity index (χ1n) is 17.0. The van der Waals surface area contributed by atoms with Crippen LogP contribution in [-0.4, -0.2) is 84.7 Å². The summed E-state index contributed by atoms with van der Waals surface area (Å²) in [6.07, 6.45) is 3.21. The van der Waals surface area contributed by atoms with Crippen molar-refractivity contribution in [2.45, 2.75) is 37.8 Å². The van der Waals surface area contributed by atoms with Crippen molar-refractivity contribution in [1.82, 2.24) is 9.80 Å². The molecule has 0 aromatic heterocycles. The molecule has 3 aliphatic rings. The quantitative estimate of drug-likeness (QED) is 0.194. The number of methoxy groups -OCH3 is 6. The van der Waals surface area contributed by atoms with E-state index in [-0.39, 0.29) is 17.8 Å². The van der Waals surface area contributed by atoms with Gasteiger partial charge < -0.3 is 38.3 Å². The fourth-order valence-corrected chi connectivity index (χ4v) is 8.16. The molecule has 0 spiro atoms. The third-order valence-electron chi connectivity index (χ3n) is 10.8. The summed E-state index contributed by atoms with van der Waals surface area (Å²) in [7, 11) is 14.1. The number of hydrogen-bond acceptors (Lipinski definition) is 10. The minimum Gasteiger partial charge on any atom is -0.504 e. The molecule has 0 amide bonds. The number of hydrogen-bond donors (Lipinski definition) is 1. The summed E-state index contributed by atoms with van der Waals surface area (Å²) in [6.45, 7) is 1.80. The van der Waals surface area contributed by atoms with E-state index in [4.69, 9.17) is 33.2 Å². The molecule has 4 aromatic rings. The molecule has 0 fully saturated rings. The molecule has 0 saturated heterocycles. The molecule has 10 heteroatoms. The molecule has 264 valence electrons. The Labute approximate surface area is 294 Å². The van der Waals surface area contributed by atoms with Crippen molar-refractivity contribution in [2.24, 2.45) is 0 Å². The van der Waals surface area contributed by atoms with E-state index in [0.717, 1.165) is 66.1 Å². The highest BCUT2D eigenvalue weighted by Crippen LogP contribution is 2.60. The van der Waals surface area contributed by atoms with Gasteiger partial charge in [0, 0.05) is 41.9 Å². The van der Waals surface area contributed by atoms with E-state index in [1.165, 1.54) is 16.7 Å². The van der Waals surface area contributed by atoms with Crippen molar-refractivity contribution in [3.8, 4) is 62.9 Å². The van der Waals surface area contributed by atoms with Crippen LogP contribution in [0.5, 0.6) is 51.7 Å². The predicted molar refractivity (Wildman–Crippen MR) is 191 cm³/mol. The average molecular weight is 683 g/mol. The van der Waals surface area contributed by atoms with E-state index < -0.39 is 0 Å². The van der Waals surface area contributed by atoms with Gasteiger partial charge >= 0.3 is 0 Å². The third-order valence-corrected chi connectivity index (χ3v) is 10.8. The van der Waals surface area contributed by atoms with Gasteiger partial charge in [0.05, 0.1) is 42.7 Å². The summed E-state index contributed by atoms with van der Waals surface area (Å²) in [5.74, 6) is 4.71. The van der Waals surface area contributed by atoms with Crippen LogP contribution in [-0.2, 0) is 25.7 Å². The van der Waals surface area contributed by atoms with E-state index in [0.29, 0.717) is 46.5 Å². The first-order chi connectivity index (χ1) is 24.3. The van der Waals surface area contributed by atoms with Crippen LogP contribution < -0.4 is 33.2 Å². The van der Waals surface area contributed by atoms with E-state index in [1.54, 1.807) is 42.7 Å². The van der Waals surface area contributed by atoms with Gasteiger partial charge in [-0.3, -0.25) is 9.80 Å². The Kier molecular flexibility index (Phi) is 9.09. The summed E-state index contributed by atoms with van der Waals surface area (Å²) in [4.78, 5) is 4.72. The molecule has 4 aromatic carbocycles. The highest BCUT2D eigenvalue weighted by molar-refractivity contribution is 5.89. The van der Waals surface area contributed by atoms with Crippen molar-refractivity contribution in [1.29, 1.82) is 0 Å². The van der Waals surface area contributed by atoms with Gasteiger partial charge in [0.25, 0.3) is 0 Å². The second-order valence-electron chi connectivity index (χ2n) is 13.2. The van der Waals surface area contributed by atoms with Crippen molar-refractivity contribution in [3.63, 3.8) is 0 Å². The lowest BCUT2D eigenvalue weighted by Crippen LogP contribution is -2.36. The zero-order chi connectivity index (χ0) is 35.3. The van der Waals surface area contributed by atoms with Crippen LogP contribution in [0.15, 0.2) is 42.5 Å². The summed E-state index contributed by atoms with van der Waals surface area (Å²) < 4.78 is 41.3. The Morgan fingerprint density at radius 3 is 2.00 bits per heavy atom. The molecule has 0 saturated carbocycles. The van der Waals surface area contributed by atoms with Gasteiger partial charge in [-0.1, -0.05) is 12.1 Å². The van der Waals surface area contributed by atoms with Gasteiger partial charge in [0.2, 0.25) is 11.5 Å². The van der Waals surface area contributed by atoms with E-state index in [1.807, 2.05) is 18.2 Å². The molecular weight excluding hydrogens is 636 g/mol. The second kappa shape index (κ2) is 13.5. The molecule has 2 aliphatic heterocycles. The number of rotatable bonds is 10. The highest BCUT2D eigenvalue weighted by atomic mass is 16.5. The molecule has 0 unspecified atom stereocenters. The van der Waals surface area contributed by atoms with Gasteiger partial charge in [-0.2, -0.15) is 0 Å². The van der Waals surface area contributed by atoms with Crippen molar-refractivity contribution in [3.05, 3.63) is 75.8 Å². The minimum atomic E-state index is -0.0104. The molecule has 10 nitrogen and oxygen atoms in total. The largest absolute Gasteiger partial charge is 0.504 e. The van der Waals surface area contributed by atoms with Crippen molar-refractivity contribution in [2.75, 3.05) is 69.8 Å². The fourth-order valence-electron chi connectivity index (χ4n) is 8.16. The Balaban J connectivity index is 1.27. The number of aromatic hydroxyl groups is 1. The standard InChI is InChI=1S/C40H46N2O8/c1-41-15-13-23-18-31(44-3)32(45-4)20-26(23)29(41)17-22-9-11-24(12-10-22)50-38-28-19-30-34-25(14-16-42(30)2)37(47-6)40(49-8)36(43)35(34)27(28)21-33(46-5)39(38)48-7/h9-12,18,20-21,29-30,43H,13-17,19H2,1-8H3/t29-,30+/m1/s1. The topological polar surface area (TPSA) is 91.3 Å². The van der Waals surface area contributed by atoms with E-state index in [9.17, 15) is 5.11 Å². The maximum Gasteiger partial charge on any atom is 0.204 e. The molecule has 50 heavy (non-hydrogen) atoms. The monoisotopic (exact) mass is 682 g/mol. The van der Waals surface area contributed by atoms with E-state index >= 15 is 0 Å². The SMILES string of the molecule is COc1cc2c(cc1OC)[C@@H](Cc1ccc(Oc3c4c(cc(OC)c3OC)-c3c(O)c(OC)c(OC)c5c3[C@H](C4)N(C)CC5)cc1)N(C)CC2. The maximum absolute atomic E-state index is 11.8. The fraction of sp³-hybridized carbons (Fsp3) is 0.400. The molecule has 7 rings (SSSR count). The van der Waals surface area contributed by atoms with Gasteiger partial charge in [0.15, 0.2) is 34.5 Å². The Hall–Kier alpha value is -4.80. The molecule has 2 atom stereocenters. The number of phenols is 1. The van der Waals surface area contributed by atoms with Crippen LogP contribution in [0.3, 0.4) is 0 Å². The first kappa shape index (κ1) is 33.7. The van der Waals surface area contributed by atoms with Gasteiger partial charge in [-0.05, 0) is 97.9 Å². The van der Waals surface area contributed by atoms with Crippen LogP contribution in [0.2, 0.25) is 0 Å². The lowest BCUT2D eigenvalue weighted by Gasteiger charge is -2.41. The Morgan fingerprint density at radius 1 is 0.680 bits per heavy atom. The van der Waals surface area contributed by atoms with Gasteiger partial charge in [0.1, 0.15) is 5.75 Å². The molecular formula is C40H46N2O8. The second-order valence-corrected chi connectivity index (χ2v) is 13.2. The van der Waals surface area contributed by atoms with Gasteiger partial charge in [-0.15, -0.1) is 0 Å².